The minimum atomic E-state index is -0.405. The first-order valence-electron chi connectivity index (χ1n) is 0.670. The van der Waals surface area contributed by atoms with Crippen molar-refractivity contribution in [3.63, 3.8) is 0 Å². The molecule has 0 spiro atoms. The van der Waals surface area contributed by atoms with Crippen LogP contribution < -0.4 is 0 Å². The predicted molar refractivity (Wildman–Crippen MR) is 38.8 cm³/mol. The van der Waals surface area contributed by atoms with Gasteiger partial charge in [-0.1, -0.05) is 0 Å². The van der Waals surface area contributed by atoms with Crippen LogP contribution in [0.3, 0.4) is 0 Å². The summed E-state index contributed by atoms with van der Waals surface area (Å²) in [5.74, 6) is 0. The fourth-order valence-electron chi connectivity index (χ4n) is 0. The minimum absolute atomic E-state index is 0.405. The van der Waals surface area contributed by atoms with E-state index in [0.29, 0.717) is 0 Å². The summed E-state index contributed by atoms with van der Waals surface area (Å²) >= 11 is 9.86. The molecule has 0 fully saturated rings. The maximum Gasteiger partial charge on any atom is 0.0851 e. The summed E-state index contributed by atoms with van der Waals surface area (Å²) in [5.41, 5.74) is 0. The van der Waals surface area contributed by atoms with E-state index in [2.05, 4.69) is 27.7 Å². The molecule has 1 atom stereocenters. The van der Waals surface area contributed by atoms with Gasteiger partial charge < -0.3 is 0 Å². The SMILES string of the molecule is S=S(I)OS. The van der Waals surface area contributed by atoms with Gasteiger partial charge in [0.2, 0.25) is 0 Å². The Hall–Kier alpha value is 1.61. The molecule has 0 aliphatic heterocycles. The largest absolute Gasteiger partial charge is 0.237 e. The van der Waals surface area contributed by atoms with E-state index in [9.17, 15) is 0 Å². The molecule has 0 aromatic rings. The van der Waals surface area contributed by atoms with Crippen LogP contribution in [0.4, 0.5) is 0 Å². The number of rotatable bonds is 1. The fraction of sp³-hybridized carbons (Fsp3) is 0. The van der Waals surface area contributed by atoms with E-state index in [1.807, 2.05) is 21.2 Å². The van der Waals surface area contributed by atoms with Crippen LogP contribution in [0.2, 0.25) is 0 Å². The fourth-order valence-corrected chi connectivity index (χ4v) is 0. The second kappa shape index (κ2) is 3.79. The van der Waals surface area contributed by atoms with Crippen LogP contribution in [0, 0.1) is 0 Å². The molecule has 0 heterocycles. The molecule has 0 bridgehead atoms. The van der Waals surface area contributed by atoms with Crippen molar-refractivity contribution in [2.45, 2.75) is 0 Å². The van der Waals surface area contributed by atoms with Crippen LogP contribution in [0.5, 0.6) is 0 Å². The molecule has 32 valence electrons. The van der Waals surface area contributed by atoms with Crippen LogP contribution in [0.15, 0.2) is 0 Å². The maximum absolute atomic E-state index is 4.50. The lowest BCUT2D eigenvalue weighted by Gasteiger charge is -1.78. The predicted octanol–water partition coefficient (Wildman–Crippen LogP) is 1.19. The van der Waals surface area contributed by atoms with E-state index < -0.39 is 6.91 Å². The van der Waals surface area contributed by atoms with Crippen molar-refractivity contribution in [1.29, 1.82) is 0 Å². The van der Waals surface area contributed by atoms with Crippen molar-refractivity contribution in [2.24, 2.45) is 0 Å². The number of hydrogen-bond acceptors (Lipinski definition) is 3. The van der Waals surface area contributed by atoms with Gasteiger partial charge in [0.25, 0.3) is 0 Å². The molecule has 1 nitrogen and oxygen atoms in total. The quantitative estimate of drug-likeness (QED) is 0.319. The van der Waals surface area contributed by atoms with Crippen molar-refractivity contribution in [2.75, 3.05) is 0 Å². The highest BCUT2D eigenvalue weighted by molar-refractivity contribution is 14.2. The van der Waals surface area contributed by atoms with Gasteiger partial charge in [0.1, 0.15) is 0 Å². The molecule has 0 aliphatic carbocycles. The zero-order chi connectivity index (χ0) is 4.28. The maximum atomic E-state index is 4.50. The highest BCUT2D eigenvalue weighted by atomic mass is 127. The van der Waals surface area contributed by atoms with Crippen molar-refractivity contribution in [3.8, 4) is 0 Å². The summed E-state index contributed by atoms with van der Waals surface area (Å²) in [5, 5.41) is 0. The van der Waals surface area contributed by atoms with Gasteiger partial charge in [-0.05, 0) is 24.1 Å². The Morgan fingerprint density at radius 2 is 2.20 bits per heavy atom. The van der Waals surface area contributed by atoms with Gasteiger partial charge in [-0.15, -0.1) is 0 Å². The van der Waals surface area contributed by atoms with E-state index in [1.165, 1.54) is 0 Å². The summed E-state index contributed by atoms with van der Waals surface area (Å²) in [7, 11) is 0. The zero-order valence-corrected chi connectivity index (χ0v) is 6.73. The molecule has 0 rings (SSSR count). The standard InChI is InChI=1S/HIOS3/c1-5(4)2-3/h3H. The van der Waals surface area contributed by atoms with Crippen molar-refractivity contribution in [1.82, 2.24) is 0 Å². The van der Waals surface area contributed by atoms with Crippen molar-refractivity contribution in [3.05, 3.63) is 0 Å². The van der Waals surface area contributed by atoms with Crippen LogP contribution in [0.1, 0.15) is 0 Å². The Labute approximate surface area is 55.5 Å². The lowest BCUT2D eigenvalue weighted by Crippen LogP contribution is -1.62. The smallest absolute Gasteiger partial charge is 0.0851 e. The number of hydrogen-bond donors (Lipinski definition) is 1. The molecule has 0 saturated heterocycles. The second-order valence-corrected chi connectivity index (χ2v) is 6.35. The average molecular weight is 240 g/mol. The molecule has 0 amide bonds. The van der Waals surface area contributed by atoms with Gasteiger partial charge in [-0.3, -0.25) is 0 Å². The third-order valence-corrected chi connectivity index (χ3v) is 2.52. The average Bonchev–Trinajstić information content (AvgIpc) is 1.38. The van der Waals surface area contributed by atoms with E-state index in [1.54, 1.807) is 0 Å². The molecule has 0 aliphatic rings. The van der Waals surface area contributed by atoms with E-state index in [0.717, 1.165) is 0 Å². The summed E-state index contributed by atoms with van der Waals surface area (Å²) < 4.78 is 4.27. The van der Waals surface area contributed by atoms with Gasteiger partial charge in [0, 0.05) is 21.2 Å². The Balaban J connectivity index is 2.85. The highest BCUT2D eigenvalue weighted by Gasteiger charge is 1.71. The Morgan fingerprint density at radius 3 is 2.20 bits per heavy atom. The lowest BCUT2D eigenvalue weighted by molar-refractivity contribution is 0.783. The molecule has 0 N–H and O–H groups in total. The summed E-state index contributed by atoms with van der Waals surface area (Å²) in [6.07, 6.45) is 0. The van der Waals surface area contributed by atoms with Crippen LogP contribution in [0.25, 0.3) is 0 Å². The monoisotopic (exact) mass is 240 g/mol. The van der Waals surface area contributed by atoms with Crippen molar-refractivity contribution < 1.29 is 3.63 Å². The van der Waals surface area contributed by atoms with Crippen molar-refractivity contribution >= 4 is 52.2 Å². The third-order valence-electron chi connectivity index (χ3n) is 0.0586. The highest BCUT2D eigenvalue weighted by Crippen LogP contribution is 1.97. The minimum Gasteiger partial charge on any atom is -0.237 e. The Kier molecular flexibility index (Phi) is 5.01. The van der Waals surface area contributed by atoms with Gasteiger partial charge in [-0.25, -0.2) is 3.63 Å². The molecule has 1 unspecified atom stereocenters. The topological polar surface area (TPSA) is 9.23 Å². The van der Waals surface area contributed by atoms with E-state index >= 15 is 0 Å². The summed E-state index contributed by atoms with van der Waals surface area (Å²) in [6, 6.07) is 0. The first-order valence-corrected chi connectivity index (χ1v) is 5.65. The lowest BCUT2D eigenvalue weighted by atomic mass is 15.9. The van der Waals surface area contributed by atoms with Gasteiger partial charge in [0.15, 0.2) is 0 Å². The molecule has 0 radical (unpaired) electrons. The molecule has 0 aromatic heterocycles. The Bertz CT molecular complexity index is 42.2. The van der Waals surface area contributed by atoms with Crippen LogP contribution in [-0.4, -0.2) is 0 Å². The summed E-state index contributed by atoms with van der Waals surface area (Å²) in [6.45, 7) is -0.405. The molecular weight excluding hydrogens is 239 g/mol. The van der Waals surface area contributed by atoms with Gasteiger partial charge in [0.05, 0.1) is 6.91 Å². The Morgan fingerprint density at radius 1 is 2.00 bits per heavy atom. The summed E-state index contributed by atoms with van der Waals surface area (Å²) in [4.78, 5) is 0. The molecule has 0 saturated carbocycles. The number of thiol groups is 1. The van der Waals surface area contributed by atoms with Crippen LogP contribution >= 0.6 is 34.1 Å². The third kappa shape index (κ3) is 5.61. The van der Waals surface area contributed by atoms with E-state index in [-0.39, 0.29) is 0 Å². The second-order valence-electron chi connectivity index (χ2n) is 0.269. The number of halogens is 1. The molecule has 5 heavy (non-hydrogen) atoms. The molecule has 5 heteroatoms. The van der Waals surface area contributed by atoms with E-state index in [4.69, 9.17) is 0 Å². The first kappa shape index (κ1) is 6.61. The van der Waals surface area contributed by atoms with Gasteiger partial charge in [-0.2, -0.15) is 0 Å². The van der Waals surface area contributed by atoms with Gasteiger partial charge >= 0.3 is 0 Å². The molecular formula is HIOS3. The zero-order valence-electron chi connectivity index (χ0n) is 2.05. The normalized spacial score (nSPS) is 14.8. The molecule has 0 aromatic carbocycles. The van der Waals surface area contributed by atoms with Crippen LogP contribution in [-0.2, 0) is 21.7 Å². The first-order chi connectivity index (χ1) is 2.27.